The molecule has 1 aromatic rings. The SMILES string of the molecule is Fc1cc(Br)cc2c1C=CC2. The summed E-state index contributed by atoms with van der Waals surface area (Å²) in [7, 11) is 0. The van der Waals surface area contributed by atoms with Gasteiger partial charge < -0.3 is 0 Å². The Kier molecular flexibility index (Phi) is 1.57. The lowest BCUT2D eigenvalue weighted by Gasteiger charge is -2.00. The van der Waals surface area contributed by atoms with Crippen molar-refractivity contribution in [2.24, 2.45) is 0 Å². The zero-order chi connectivity index (χ0) is 7.84. The summed E-state index contributed by atoms with van der Waals surface area (Å²) < 4.78 is 13.9. The summed E-state index contributed by atoms with van der Waals surface area (Å²) in [5.74, 6) is -0.136. The third kappa shape index (κ3) is 1.11. The number of hydrogen-bond acceptors (Lipinski definition) is 0. The predicted molar refractivity (Wildman–Crippen MR) is 46.8 cm³/mol. The largest absolute Gasteiger partial charge is 0.206 e. The van der Waals surface area contributed by atoms with E-state index >= 15 is 0 Å². The highest BCUT2D eigenvalue weighted by molar-refractivity contribution is 9.10. The highest BCUT2D eigenvalue weighted by atomic mass is 79.9. The number of allylic oxidation sites excluding steroid dienone is 1. The van der Waals surface area contributed by atoms with E-state index in [-0.39, 0.29) is 5.82 Å². The van der Waals surface area contributed by atoms with E-state index in [4.69, 9.17) is 0 Å². The van der Waals surface area contributed by atoms with Crippen LogP contribution in [0.25, 0.3) is 6.08 Å². The van der Waals surface area contributed by atoms with Gasteiger partial charge in [0.05, 0.1) is 0 Å². The first kappa shape index (κ1) is 7.04. The summed E-state index contributed by atoms with van der Waals surface area (Å²) in [5, 5.41) is 0. The van der Waals surface area contributed by atoms with Crippen LogP contribution in [-0.4, -0.2) is 0 Å². The van der Waals surface area contributed by atoms with Crippen molar-refractivity contribution in [1.82, 2.24) is 0 Å². The second-order valence-electron chi connectivity index (χ2n) is 2.57. The summed E-state index contributed by atoms with van der Waals surface area (Å²) in [6.45, 7) is 0. The van der Waals surface area contributed by atoms with E-state index in [2.05, 4.69) is 15.9 Å². The first-order valence-electron chi connectivity index (χ1n) is 3.42. The van der Waals surface area contributed by atoms with Gasteiger partial charge in [-0.1, -0.05) is 28.1 Å². The van der Waals surface area contributed by atoms with Crippen LogP contribution >= 0.6 is 15.9 Å². The topological polar surface area (TPSA) is 0 Å². The Morgan fingerprint density at radius 1 is 1.36 bits per heavy atom. The van der Waals surface area contributed by atoms with Gasteiger partial charge in [-0.3, -0.25) is 0 Å². The number of benzene rings is 1. The second-order valence-corrected chi connectivity index (χ2v) is 3.48. The zero-order valence-corrected chi connectivity index (χ0v) is 7.36. The lowest BCUT2D eigenvalue weighted by Crippen LogP contribution is -1.86. The molecular formula is C9H6BrF. The maximum atomic E-state index is 13.1. The molecule has 0 aliphatic heterocycles. The van der Waals surface area contributed by atoms with Crippen LogP contribution in [0.3, 0.4) is 0 Å². The van der Waals surface area contributed by atoms with Crippen LogP contribution in [0, 0.1) is 5.82 Å². The fourth-order valence-corrected chi connectivity index (χ4v) is 1.77. The first-order chi connectivity index (χ1) is 5.27. The van der Waals surface area contributed by atoms with Crippen molar-refractivity contribution in [3.8, 4) is 0 Å². The monoisotopic (exact) mass is 212 g/mol. The molecule has 1 aliphatic carbocycles. The van der Waals surface area contributed by atoms with Gasteiger partial charge in [-0.05, 0) is 24.1 Å². The maximum Gasteiger partial charge on any atom is 0.131 e. The molecule has 1 aromatic carbocycles. The Morgan fingerprint density at radius 2 is 2.18 bits per heavy atom. The lowest BCUT2D eigenvalue weighted by molar-refractivity contribution is 0.623. The molecule has 0 N–H and O–H groups in total. The highest BCUT2D eigenvalue weighted by Gasteiger charge is 2.10. The molecule has 11 heavy (non-hydrogen) atoms. The molecule has 0 unspecified atom stereocenters. The van der Waals surface area contributed by atoms with E-state index in [1.54, 1.807) is 0 Å². The van der Waals surface area contributed by atoms with Gasteiger partial charge in [0.1, 0.15) is 5.82 Å². The molecule has 0 bridgehead atoms. The van der Waals surface area contributed by atoms with Crippen LogP contribution in [0.4, 0.5) is 4.39 Å². The Morgan fingerprint density at radius 3 is 3.00 bits per heavy atom. The summed E-state index contributed by atoms with van der Waals surface area (Å²) >= 11 is 3.25. The van der Waals surface area contributed by atoms with Gasteiger partial charge in [-0.15, -0.1) is 0 Å². The fourth-order valence-electron chi connectivity index (χ4n) is 1.30. The van der Waals surface area contributed by atoms with Crippen LogP contribution in [0.2, 0.25) is 0 Å². The summed E-state index contributed by atoms with van der Waals surface area (Å²) in [4.78, 5) is 0. The van der Waals surface area contributed by atoms with Crippen LogP contribution in [-0.2, 0) is 6.42 Å². The van der Waals surface area contributed by atoms with Gasteiger partial charge in [-0.2, -0.15) is 0 Å². The minimum atomic E-state index is -0.136. The number of fused-ring (bicyclic) bond motifs is 1. The molecule has 0 atom stereocenters. The van der Waals surface area contributed by atoms with E-state index in [1.165, 1.54) is 6.07 Å². The molecule has 0 heterocycles. The van der Waals surface area contributed by atoms with Gasteiger partial charge in [0, 0.05) is 10.0 Å². The van der Waals surface area contributed by atoms with E-state index in [0.29, 0.717) is 0 Å². The van der Waals surface area contributed by atoms with E-state index in [9.17, 15) is 4.39 Å². The van der Waals surface area contributed by atoms with E-state index < -0.39 is 0 Å². The minimum absolute atomic E-state index is 0.136. The zero-order valence-electron chi connectivity index (χ0n) is 5.77. The Balaban J connectivity index is 2.67. The molecule has 0 radical (unpaired) electrons. The molecule has 2 rings (SSSR count). The molecule has 1 aliphatic rings. The average Bonchev–Trinajstić information content (AvgIpc) is 2.34. The Labute approximate surface area is 72.9 Å². The molecular weight excluding hydrogens is 207 g/mol. The van der Waals surface area contributed by atoms with Crippen LogP contribution in [0.15, 0.2) is 22.7 Å². The number of halogens is 2. The maximum absolute atomic E-state index is 13.1. The minimum Gasteiger partial charge on any atom is -0.206 e. The van der Waals surface area contributed by atoms with Crippen molar-refractivity contribution in [3.63, 3.8) is 0 Å². The van der Waals surface area contributed by atoms with Crippen molar-refractivity contribution in [1.29, 1.82) is 0 Å². The Hall–Kier alpha value is -0.630. The summed E-state index contributed by atoms with van der Waals surface area (Å²) in [6, 6.07) is 3.45. The standard InChI is InChI=1S/C9H6BrF/c10-7-4-6-2-1-3-8(6)9(11)5-7/h1,3-5H,2H2. The van der Waals surface area contributed by atoms with Crippen molar-refractivity contribution >= 4 is 22.0 Å². The second kappa shape index (κ2) is 2.45. The van der Waals surface area contributed by atoms with Crippen LogP contribution < -0.4 is 0 Å². The molecule has 56 valence electrons. The van der Waals surface area contributed by atoms with E-state index in [1.807, 2.05) is 18.2 Å². The van der Waals surface area contributed by atoms with Crippen LogP contribution in [0.1, 0.15) is 11.1 Å². The first-order valence-corrected chi connectivity index (χ1v) is 4.21. The third-order valence-corrected chi connectivity index (χ3v) is 2.26. The van der Waals surface area contributed by atoms with Crippen molar-refractivity contribution in [2.75, 3.05) is 0 Å². The molecule has 0 nitrogen and oxygen atoms in total. The predicted octanol–water partition coefficient (Wildman–Crippen LogP) is 3.16. The number of hydrogen-bond donors (Lipinski definition) is 0. The fraction of sp³-hybridized carbons (Fsp3) is 0.111. The smallest absolute Gasteiger partial charge is 0.131 e. The van der Waals surface area contributed by atoms with Gasteiger partial charge in [0.25, 0.3) is 0 Å². The normalized spacial score (nSPS) is 13.6. The molecule has 0 aromatic heterocycles. The quantitative estimate of drug-likeness (QED) is 0.620. The van der Waals surface area contributed by atoms with E-state index in [0.717, 1.165) is 22.0 Å². The summed E-state index contributed by atoms with van der Waals surface area (Å²) in [5.41, 5.74) is 1.81. The number of rotatable bonds is 0. The van der Waals surface area contributed by atoms with Gasteiger partial charge in [-0.25, -0.2) is 4.39 Å². The molecule has 0 saturated carbocycles. The van der Waals surface area contributed by atoms with Gasteiger partial charge >= 0.3 is 0 Å². The molecule has 0 fully saturated rings. The summed E-state index contributed by atoms with van der Waals surface area (Å²) in [6.07, 6.45) is 4.66. The molecule has 0 amide bonds. The van der Waals surface area contributed by atoms with Gasteiger partial charge in [0.15, 0.2) is 0 Å². The van der Waals surface area contributed by atoms with Crippen molar-refractivity contribution in [3.05, 3.63) is 39.6 Å². The van der Waals surface area contributed by atoms with Crippen molar-refractivity contribution < 1.29 is 4.39 Å². The molecule has 2 heteroatoms. The Bertz CT molecular complexity index is 329. The van der Waals surface area contributed by atoms with Crippen molar-refractivity contribution in [2.45, 2.75) is 6.42 Å². The van der Waals surface area contributed by atoms with Crippen LogP contribution in [0.5, 0.6) is 0 Å². The average molecular weight is 213 g/mol. The molecule has 0 saturated heterocycles. The third-order valence-electron chi connectivity index (χ3n) is 1.80. The van der Waals surface area contributed by atoms with Gasteiger partial charge in [0.2, 0.25) is 0 Å². The lowest BCUT2D eigenvalue weighted by atomic mass is 10.1. The highest BCUT2D eigenvalue weighted by Crippen LogP contribution is 2.26. The molecule has 0 spiro atoms.